The van der Waals surface area contributed by atoms with Crippen molar-refractivity contribution in [2.24, 2.45) is 0 Å². The summed E-state index contributed by atoms with van der Waals surface area (Å²) in [5.41, 5.74) is 15.0. The van der Waals surface area contributed by atoms with Gasteiger partial charge >= 0.3 is 0 Å². The van der Waals surface area contributed by atoms with Gasteiger partial charge in [0.2, 0.25) is 0 Å². The minimum Gasteiger partial charge on any atom is -0.112 e. The lowest BCUT2D eigenvalue weighted by Crippen LogP contribution is -2.25. The van der Waals surface area contributed by atoms with Gasteiger partial charge in [0, 0.05) is 21.6 Å². The number of hydrogen-bond acceptors (Lipinski definition) is 0. The van der Waals surface area contributed by atoms with Crippen molar-refractivity contribution in [3.05, 3.63) is 87.3 Å². The van der Waals surface area contributed by atoms with E-state index in [-0.39, 0.29) is 10.8 Å². The molecule has 0 atom stereocenters. The normalized spacial score (nSPS) is 18.1. The van der Waals surface area contributed by atoms with Gasteiger partial charge in [-0.2, -0.15) is 0 Å². The number of allylic oxidation sites excluding steroid dienone is 1. The van der Waals surface area contributed by atoms with E-state index >= 15 is 0 Å². The third-order valence-corrected chi connectivity index (χ3v) is 7.07. The highest BCUT2D eigenvalue weighted by atomic mass is 14.4. The van der Waals surface area contributed by atoms with Gasteiger partial charge in [-0.3, -0.25) is 0 Å². The molecule has 0 radical (unpaired) electrons. The average Bonchev–Trinajstić information content (AvgIpc) is 3.28. The maximum Gasteiger partial charge on any atom is 0.0318 e. The quantitative estimate of drug-likeness (QED) is 0.536. The molecule has 3 aliphatic carbocycles. The second-order valence-corrected chi connectivity index (χ2v) is 9.17. The Hall–Kier alpha value is -2.82. The van der Waals surface area contributed by atoms with Crippen LogP contribution in [0.15, 0.2) is 54.6 Å². The summed E-state index contributed by atoms with van der Waals surface area (Å²) in [4.78, 5) is 0. The van der Waals surface area contributed by atoms with Gasteiger partial charge < -0.3 is 0 Å². The Kier molecular flexibility index (Phi) is 2.56. The first kappa shape index (κ1) is 15.3. The molecule has 130 valence electrons. The summed E-state index contributed by atoms with van der Waals surface area (Å²) in [5, 5.41) is 2.56. The van der Waals surface area contributed by atoms with Gasteiger partial charge in [-0.05, 0) is 68.4 Å². The van der Waals surface area contributed by atoms with Crippen molar-refractivity contribution >= 4 is 11.8 Å². The molecule has 0 aliphatic heterocycles. The molecule has 0 heteroatoms. The van der Waals surface area contributed by atoms with Gasteiger partial charge in [-0.1, -0.05) is 64.1 Å². The molecule has 0 amide bonds. The van der Waals surface area contributed by atoms with Crippen LogP contribution < -0.4 is 10.4 Å². The van der Waals surface area contributed by atoms with E-state index < -0.39 is 0 Å². The lowest BCUT2D eigenvalue weighted by atomic mass is 9.79. The molecule has 0 N–H and O–H groups in total. The van der Waals surface area contributed by atoms with E-state index in [1.54, 1.807) is 0 Å². The molecule has 0 heterocycles. The second-order valence-electron chi connectivity index (χ2n) is 9.17. The highest BCUT2D eigenvalue weighted by Gasteiger charge is 2.41. The largest absolute Gasteiger partial charge is 0.112 e. The number of rotatable bonds is 0. The Labute approximate surface area is 160 Å². The first-order valence-electron chi connectivity index (χ1n) is 9.80. The van der Waals surface area contributed by atoms with Crippen LogP contribution in [-0.2, 0) is 10.8 Å². The molecule has 0 spiro atoms. The van der Waals surface area contributed by atoms with Crippen LogP contribution >= 0.6 is 0 Å². The van der Waals surface area contributed by atoms with Gasteiger partial charge in [0.1, 0.15) is 0 Å². The van der Waals surface area contributed by atoms with Gasteiger partial charge in [0.15, 0.2) is 0 Å². The minimum atomic E-state index is 0.0146. The lowest BCUT2D eigenvalue weighted by molar-refractivity contribution is 0.652. The van der Waals surface area contributed by atoms with Crippen molar-refractivity contribution in [3.63, 3.8) is 0 Å². The first-order valence-corrected chi connectivity index (χ1v) is 9.80. The molecule has 0 unspecified atom stereocenters. The molecule has 27 heavy (non-hydrogen) atoms. The molecule has 0 aromatic heterocycles. The maximum atomic E-state index is 3.50. The molecule has 3 aliphatic rings. The topological polar surface area (TPSA) is 0 Å². The summed E-state index contributed by atoms with van der Waals surface area (Å²) in [6, 6.07) is 18.5. The summed E-state index contributed by atoms with van der Waals surface area (Å²) < 4.78 is 0. The SMILES string of the molecule is CC1(C)c2ccccc2-c2cc3c(cc21)-c1c(ccc2c1=C=CC=2)C3(C)C. The Morgan fingerprint density at radius 1 is 0.667 bits per heavy atom. The zero-order valence-corrected chi connectivity index (χ0v) is 16.3. The molecular weight excluding hydrogens is 324 g/mol. The lowest BCUT2D eigenvalue weighted by Gasteiger charge is -2.24. The third kappa shape index (κ3) is 1.66. The molecule has 0 fully saturated rings. The van der Waals surface area contributed by atoms with Crippen LogP contribution in [0.1, 0.15) is 49.9 Å². The van der Waals surface area contributed by atoms with Crippen LogP contribution in [0.3, 0.4) is 0 Å². The van der Waals surface area contributed by atoms with E-state index in [2.05, 4.69) is 94.1 Å². The highest BCUT2D eigenvalue weighted by molar-refractivity contribution is 5.90. The Morgan fingerprint density at radius 2 is 1.37 bits per heavy atom. The average molecular weight is 346 g/mol. The molecule has 0 nitrogen and oxygen atoms in total. The Balaban J connectivity index is 1.77. The number of fused-ring (bicyclic) bond motifs is 8. The summed E-state index contributed by atoms with van der Waals surface area (Å²) >= 11 is 0. The predicted molar refractivity (Wildman–Crippen MR) is 113 cm³/mol. The molecule has 3 aromatic carbocycles. The molecule has 0 saturated carbocycles. The van der Waals surface area contributed by atoms with Gasteiger partial charge in [0.25, 0.3) is 0 Å². The minimum absolute atomic E-state index is 0.0146. The second kappa shape index (κ2) is 4.53. The van der Waals surface area contributed by atoms with E-state index in [1.807, 2.05) is 0 Å². The van der Waals surface area contributed by atoms with Gasteiger partial charge in [0.05, 0.1) is 0 Å². The van der Waals surface area contributed by atoms with E-state index in [4.69, 9.17) is 0 Å². The fourth-order valence-electron chi connectivity index (χ4n) is 5.55. The maximum absolute atomic E-state index is 3.50. The first-order chi connectivity index (χ1) is 12.9. The molecule has 3 aromatic rings. The van der Waals surface area contributed by atoms with Crippen molar-refractivity contribution in [2.45, 2.75) is 38.5 Å². The molecular formula is C27H22. The Bertz CT molecular complexity index is 1340. The number of benzene rings is 3. The van der Waals surface area contributed by atoms with Crippen LogP contribution in [0.4, 0.5) is 0 Å². The number of hydrogen-bond donors (Lipinski definition) is 0. The fraction of sp³-hybridized carbons (Fsp3) is 0.222. The van der Waals surface area contributed by atoms with Crippen LogP contribution in [0, 0.1) is 0 Å². The highest BCUT2D eigenvalue weighted by Crippen LogP contribution is 2.55. The van der Waals surface area contributed by atoms with Crippen molar-refractivity contribution < 1.29 is 0 Å². The standard InChI is InChI=1S/C27H22/c1-26(2)21-11-6-5-9-18(21)19-14-24-20(15-23(19)26)25-17-10-7-8-16(17)12-13-22(25)27(24,3)4/h5-9,11-15H,1-4H3. The van der Waals surface area contributed by atoms with Crippen LogP contribution in [0.5, 0.6) is 0 Å². The van der Waals surface area contributed by atoms with Gasteiger partial charge in [-0.25, -0.2) is 0 Å². The summed E-state index contributed by atoms with van der Waals surface area (Å²) in [5.74, 6) is 0. The molecule has 0 saturated heterocycles. The summed E-state index contributed by atoms with van der Waals surface area (Å²) in [7, 11) is 0. The fourth-order valence-corrected chi connectivity index (χ4v) is 5.55. The van der Waals surface area contributed by atoms with Crippen molar-refractivity contribution in [3.8, 4) is 22.3 Å². The van der Waals surface area contributed by atoms with Crippen molar-refractivity contribution in [1.82, 2.24) is 0 Å². The van der Waals surface area contributed by atoms with Crippen LogP contribution in [0.2, 0.25) is 0 Å². The van der Waals surface area contributed by atoms with Crippen molar-refractivity contribution in [1.29, 1.82) is 0 Å². The summed E-state index contributed by atoms with van der Waals surface area (Å²) in [6.07, 6.45) is 4.23. The molecule has 0 bridgehead atoms. The zero-order valence-electron chi connectivity index (χ0n) is 16.3. The van der Waals surface area contributed by atoms with Gasteiger partial charge in [-0.15, -0.1) is 5.73 Å². The van der Waals surface area contributed by atoms with E-state index in [0.29, 0.717) is 0 Å². The van der Waals surface area contributed by atoms with Crippen molar-refractivity contribution in [2.75, 3.05) is 0 Å². The Morgan fingerprint density at radius 3 is 2.22 bits per heavy atom. The monoisotopic (exact) mass is 346 g/mol. The summed E-state index contributed by atoms with van der Waals surface area (Å²) in [6.45, 7) is 9.45. The van der Waals surface area contributed by atoms with Crippen LogP contribution in [0.25, 0.3) is 34.1 Å². The smallest absolute Gasteiger partial charge is 0.0318 e. The van der Waals surface area contributed by atoms with E-state index in [1.165, 1.54) is 54.9 Å². The van der Waals surface area contributed by atoms with E-state index in [0.717, 1.165) is 0 Å². The molecule has 6 rings (SSSR count). The predicted octanol–water partition coefficient (Wildman–Crippen LogP) is 5.03. The van der Waals surface area contributed by atoms with Crippen LogP contribution in [-0.4, -0.2) is 0 Å². The zero-order chi connectivity index (χ0) is 18.6. The van der Waals surface area contributed by atoms with E-state index in [9.17, 15) is 0 Å². The third-order valence-electron chi connectivity index (χ3n) is 7.07.